The summed E-state index contributed by atoms with van der Waals surface area (Å²) in [7, 11) is 0. The maximum Gasteiger partial charge on any atom is 0.389 e. The van der Waals surface area contributed by atoms with Gasteiger partial charge in [-0.15, -0.1) is 0 Å². The lowest BCUT2D eigenvalue weighted by Crippen LogP contribution is -2.43. The Hall–Kier alpha value is -2.74. The summed E-state index contributed by atoms with van der Waals surface area (Å²) in [5.74, 6) is -0.660. The first-order valence-corrected chi connectivity index (χ1v) is 7.73. The Balaban J connectivity index is 1.63. The Morgan fingerprint density at radius 3 is 2.96 bits per heavy atom. The predicted molar refractivity (Wildman–Crippen MR) is 85.2 cm³/mol. The van der Waals surface area contributed by atoms with E-state index in [0.29, 0.717) is 6.42 Å². The van der Waals surface area contributed by atoms with Gasteiger partial charge in [-0.3, -0.25) is 4.79 Å². The number of nitrogens with zero attached hydrogens (tertiary/aromatic N) is 3. The predicted octanol–water partition coefficient (Wildman–Crippen LogP) is 1.13. The summed E-state index contributed by atoms with van der Waals surface area (Å²) in [6.07, 6.45) is 3.73. The number of benzene rings is 1. The van der Waals surface area contributed by atoms with Gasteiger partial charge in [0.2, 0.25) is 5.91 Å². The summed E-state index contributed by atoms with van der Waals surface area (Å²) in [4.78, 5) is 22.0. The molecule has 0 spiro atoms. The molecule has 0 aliphatic heterocycles. The highest BCUT2D eigenvalue weighted by atomic mass is 16.6. The maximum atomic E-state index is 12.0. The van der Waals surface area contributed by atoms with Crippen molar-refractivity contribution >= 4 is 11.7 Å². The monoisotopic (exact) mass is 330 g/mol. The quantitative estimate of drug-likeness (QED) is 0.631. The summed E-state index contributed by atoms with van der Waals surface area (Å²) in [5, 5.41) is 27.9. The lowest BCUT2D eigenvalue weighted by atomic mass is 9.79. The van der Waals surface area contributed by atoms with E-state index in [1.165, 1.54) is 16.9 Å². The molecule has 1 amide bonds. The highest BCUT2D eigenvalue weighted by molar-refractivity contribution is 5.75. The van der Waals surface area contributed by atoms with Crippen LogP contribution in [0.3, 0.4) is 0 Å². The van der Waals surface area contributed by atoms with Gasteiger partial charge in [-0.25, -0.2) is 0 Å². The van der Waals surface area contributed by atoms with Gasteiger partial charge in [-0.05, 0) is 35.3 Å². The molecule has 1 unspecified atom stereocenters. The van der Waals surface area contributed by atoms with Crippen LogP contribution in [0.25, 0.3) is 0 Å². The molecule has 126 valence electrons. The maximum absolute atomic E-state index is 12.0. The molecule has 1 heterocycles. The largest absolute Gasteiger partial charge is 0.389 e. The minimum atomic E-state index is -1.08. The number of hydrogen-bond acceptors (Lipinski definition) is 5. The minimum absolute atomic E-state index is 0.103. The summed E-state index contributed by atoms with van der Waals surface area (Å²) in [6, 6.07) is 8.92. The molecule has 1 aliphatic carbocycles. The van der Waals surface area contributed by atoms with Crippen molar-refractivity contribution in [3.8, 4) is 0 Å². The number of aromatic nitrogens is 2. The standard InChI is InChI=1S/C16H18N4O4/c21-15(10-19-9-7-14(18-19)20(23)24)17-11-16(22)8-3-5-12-4-1-2-6-13(12)16/h1-2,4,6-7,9,22H,3,5,8,10-11H2,(H,17,21). The second-order valence-electron chi connectivity index (χ2n) is 5.95. The molecule has 2 aromatic rings. The lowest BCUT2D eigenvalue weighted by Gasteiger charge is -2.34. The smallest absolute Gasteiger partial charge is 0.383 e. The molecule has 24 heavy (non-hydrogen) atoms. The number of nitro groups is 1. The second kappa shape index (κ2) is 6.40. The molecular weight excluding hydrogens is 312 g/mol. The first kappa shape index (κ1) is 16.1. The van der Waals surface area contributed by atoms with Crippen LogP contribution >= 0.6 is 0 Å². The fourth-order valence-electron chi connectivity index (χ4n) is 3.07. The van der Waals surface area contributed by atoms with Gasteiger partial charge in [0.25, 0.3) is 0 Å². The number of hydrogen-bond donors (Lipinski definition) is 2. The van der Waals surface area contributed by atoms with E-state index in [2.05, 4.69) is 10.4 Å². The van der Waals surface area contributed by atoms with Crippen LogP contribution in [0.2, 0.25) is 0 Å². The Labute approximate surface area is 138 Å². The number of fused-ring (bicyclic) bond motifs is 1. The average Bonchev–Trinajstić information content (AvgIpc) is 3.02. The van der Waals surface area contributed by atoms with Crippen LogP contribution < -0.4 is 5.32 Å². The SMILES string of the molecule is O=C(Cn1ccc([N+](=O)[O-])n1)NCC1(O)CCCc2ccccc21. The third-order valence-corrected chi connectivity index (χ3v) is 4.25. The van der Waals surface area contributed by atoms with Crippen LogP contribution in [0, 0.1) is 10.1 Å². The van der Waals surface area contributed by atoms with Crippen molar-refractivity contribution in [2.75, 3.05) is 6.54 Å². The number of carbonyl (C=O) groups is 1. The van der Waals surface area contributed by atoms with E-state index in [1.54, 1.807) is 0 Å². The zero-order chi connectivity index (χ0) is 17.2. The van der Waals surface area contributed by atoms with E-state index in [4.69, 9.17) is 0 Å². The lowest BCUT2D eigenvalue weighted by molar-refractivity contribution is -0.389. The van der Waals surface area contributed by atoms with Crippen molar-refractivity contribution < 1.29 is 14.8 Å². The second-order valence-corrected chi connectivity index (χ2v) is 5.95. The molecule has 2 N–H and O–H groups in total. The van der Waals surface area contributed by atoms with Gasteiger partial charge in [0.15, 0.2) is 0 Å². The molecular formula is C16H18N4O4. The topological polar surface area (TPSA) is 110 Å². The van der Waals surface area contributed by atoms with Crippen LogP contribution in [0.5, 0.6) is 0 Å². The van der Waals surface area contributed by atoms with Crippen molar-refractivity contribution in [1.29, 1.82) is 0 Å². The summed E-state index contributed by atoms with van der Waals surface area (Å²) < 4.78 is 1.20. The third kappa shape index (κ3) is 3.28. The Kier molecular flexibility index (Phi) is 4.30. The fourth-order valence-corrected chi connectivity index (χ4v) is 3.07. The summed E-state index contributed by atoms with van der Waals surface area (Å²) >= 11 is 0. The minimum Gasteiger partial charge on any atom is -0.383 e. The van der Waals surface area contributed by atoms with E-state index in [0.717, 1.165) is 24.0 Å². The normalized spacial score (nSPS) is 19.5. The molecule has 0 fully saturated rings. The van der Waals surface area contributed by atoms with E-state index in [1.807, 2.05) is 24.3 Å². The van der Waals surface area contributed by atoms with Gasteiger partial charge in [0.1, 0.15) is 12.1 Å². The number of aryl methyl sites for hydroxylation is 1. The molecule has 8 nitrogen and oxygen atoms in total. The molecule has 1 aliphatic rings. The van der Waals surface area contributed by atoms with Crippen molar-refractivity contribution in [2.45, 2.75) is 31.4 Å². The highest BCUT2D eigenvalue weighted by Crippen LogP contribution is 2.34. The van der Waals surface area contributed by atoms with Gasteiger partial charge >= 0.3 is 5.82 Å². The third-order valence-electron chi connectivity index (χ3n) is 4.25. The zero-order valence-electron chi connectivity index (χ0n) is 13.0. The Morgan fingerprint density at radius 1 is 1.42 bits per heavy atom. The number of carbonyl (C=O) groups excluding carboxylic acids is 1. The van der Waals surface area contributed by atoms with Gasteiger partial charge in [0.05, 0.1) is 23.9 Å². The summed E-state index contributed by atoms with van der Waals surface area (Å²) in [5.41, 5.74) is 0.870. The molecule has 1 atom stereocenters. The number of nitrogens with one attached hydrogen (secondary N) is 1. The molecule has 0 saturated heterocycles. The first-order chi connectivity index (χ1) is 11.5. The van der Waals surface area contributed by atoms with Crippen LogP contribution in [0.15, 0.2) is 36.5 Å². The van der Waals surface area contributed by atoms with Gasteiger partial charge < -0.3 is 20.5 Å². The van der Waals surface area contributed by atoms with Crippen LogP contribution in [-0.2, 0) is 23.4 Å². The molecule has 0 saturated carbocycles. The fraction of sp³-hybridized carbons (Fsp3) is 0.375. The summed E-state index contributed by atoms with van der Waals surface area (Å²) in [6.45, 7) is -0.0300. The van der Waals surface area contributed by atoms with E-state index >= 15 is 0 Å². The van der Waals surface area contributed by atoms with Gasteiger partial charge in [-0.2, -0.15) is 4.68 Å². The Morgan fingerprint density at radius 2 is 2.21 bits per heavy atom. The molecule has 0 radical (unpaired) electrons. The molecule has 0 bridgehead atoms. The molecule has 1 aromatic carbocycles. The van der Waals surface area contributed by atoms with Crippen molar-refractivity contribution in [2.24, 2.45) is 0 Å². The number of rotatable bonds is 5. The van der Waals surface area contributed by atoms with Crippen molar-refractivity contribution in [1.82, 2.24) is 15.1 Å². The van der Waals surface area contributed by atoms with Gasteiger partial charge in [0, 0.05) is 0 Å². The van der Waals surface area contributed by atoms with Crippen LogP contribution in [0.1, 0.15) is 24.0 Å². The van der Waals surface area contributed by atoms with Crippen LogP contribution in [-0.4, -0.2) is 32.3 Å². The molecule has 3 rings (SSSR count). The van der Waals surface area contributed by atoms with Crippen molar-refractivity contribution in [3.05, 3.63) is 57.8 Å². The van der Waals surface area contributed by atoms with Gasteiger partial charge in [-0.1, -0.05) is 24.3 Å². The average molecular weight is 330 g/mol. The Bertz CT molecular complexity index is 773. The molecule has 1 aromatic heterocycles. The van der Waals surface area contributed by atoms with Crippen molar-refractivity contribution in [3.63, 3.8) is 0 Å². The molecule has 8 heteroatoms. The zero-order valence-corrected chi connectivity index (χ0v) is 13.0. The highest BCUT2D eigenvalue weighted by Gasteiger charge is 2.34. The number of amides is 1. The van der Waals surface area contributed by atoms with E-state index in [-0.39, 0.29) is 24.8 Å². The first-order valence-electron chi connectivity index (χ1n) is 7.73. The van der Waals surface area contributed by atoms with E-state index in [9.17, 15) is 20.0 Å². The van der Waals surface area contributed by atoms with E-state index < -0.39 is 10.5 Å². The van der Waals surface area contributed by atoms with Crippen LogP contribution in [0.4, 0.5) is 5.82 Å². The number of aliphatic hydroxyl groups is 1.